The first kappa shape index (κ1) is 15.4. The number of rotatable bonds is 5. The third-order valence-corrected chi connectivity index (χ3v) is 4.39. The molecular weight excluding hydrogens is 323 g/mol. The van der Waals surface area contributed by atoms with Gasteiger partial charge in [0.05, 0.1) is 5.41 Å². The van der Waals surface area contributed by atoms with Crippen LogP contribution in [-0.2, 0) is 11.3 Å². The lowest BCUT2D eigenvalue weighted by Crippen LogP contribution is -2.42. The molecule has 0 radical (unpaired) electrons. The minimum absolute atomic E-state index is 0.0312. The molecule has 0 bridgehead atoms. The fourth-order valence-corrected chi connectivity index (χ4v) is 3.19. The smallest absolute Gasteiger partial charge is 0.227 e. The summed E-state index contributed by atoms with van der Waals surface area (Å²) in [6.07, 6.45) is 2.70. The highest BCUT2D eigenvalue weighted by Crippen LogP contribution is 2.31. The van der Waals surface area contributed by atoms with Crippen LogP contribution in [-0.4, -0.2) is 19.0 Å². The summed E-state index contributed by atoms with van der Waals surface area (Å²) in [5, 5.41) is 6.15. The van der Waals surface area contributed by atoms with Gasteiger partial charge in [0.2, 0.25) is 5.91 Å². The number of halogens is 2. The number of amides is 1. The second kappa shape index (κ2) is 6.68. The van der Waals surface area contributed by atoms with Crippen molar-refractivity contribution < 1.29 is 9.18 Å². The zero-order valence-corrected chi connectivity index (χ0v) is 13.2. The highest BCUT2D eigenvalue weighted by atomic mass is 79.9. The Morgan fingerprint density at radius 1 is 1.55 bits per heavy atom. The van der Waals surface area contributed by atoms with Crippen LogP contribution >= 0.6 is 15.9 Å². The van der Waals surface area contributed by atoms with Crippen LogP contribution in [0, 0.1) is 11.2 Å². The van der Waals surface area contributed by atoms with E-state index in [1.807, 2.05) is 0 Å². The van der Waals surface area contributed by atoms with Crippen molar-refractivity contribution in [1.82, 2.24) is 10.6 Å². The first-order valence-electron chi connectivity index (χ1n) is 7.00. The number of carbonyl (C=O) groups excluding carboxylic acids is 1. The van der Waals surface area contributed by atoms with Crippen molar-refractivity contribution in [2.75, 3.05) is 13.1 Å². The molecule has 110 valence electrons. The Morgan fingerprint density at radius 2 is 2.35 bits per heavy atom. The second-order valence-corrected chi connectivity index (χ2v) is 6.29. The second-order valence-electron chi connectivity index (χ2n) is 5.38. The van der Waals surface area contributed by atoms with Crippen LogP contribution in [0.2, 0.25) is 0 Å². The van der Waals surface area contributed by atoms with Gasteiger partial charge in [0.15, 0.2) is 0 Å². The number of hydrogen-bond acceptors (Lipinski definition) is 2. The summed E-state index contributed by atoms with van der Waals surface area (Å²) in [4.78, 5) is 12.4. The molecule has 1 atom stereocenters. The van der Waals surface area contributed by atoms with Gasteiger partial charge in [-0.2, -0.15) is 0 Å². The maximum absolute atomic E-state index is 13.7. The van der Waals surface area contributed by atoms with Gasteiger partial charge in [0.1, 0.15) is 5.82 Å². The highest BCUT2D eigenvalue weighted by molar-refractivity contribution is 9.10. The van der Waals surface area contributed by atoms with Crippen LogP contribution in [0.3, 0.4) is 0 Å². The summed E-state index contributed by atoms with van der Waals surface area (Å²) in [7, 11) is 0. The zero-order chi connectivity index (χ0) is 14.6. The van der Waals surface area contributed by atoms with Crippen LogP contribution in [0.5, 0.6) is 0 Å². The lowest BCUT2D eigenvalue weighted by atomic mass is 9.81. The Balaban J connectivity index is 2.02. The molecule has 5 heteroatoms. The molecule has 1 fully saturated rings. The van der Waals surface area contributed by atoms with Crippen LogP contribution < -0.4 is 10.6 Å². The molecule has 1 saturated heterocycles. The average molecular weight is 343 g/mol. The monoisotopic (exact) mass is 342 g/mol. The van der Waals surface area contributed by atoms with Gasteiger partial charge in [-0.15, -0.1) is 0 Å². The van der Waals surface area contributed by atoms with Gasteiger partial charge < -0.3 is 10.6 Å². The van der Waals surface area contributed by atoms with Gasteiger partial charge in [-0.25, -0.2) is 4.39 Å². The van der Waals surface area contributed by atoms with Crippen LogP contribution in [0.4, 0.5) is 4.39 Å². The molecule has 1 amide bonds. The van der Waals surface area contributed by atoms with E-state index in [1.54, 1.807) is 12.1 Å². The van der Waals surface area contributed by atoms with E-state index < -0.39 is 0 Å². The zero-order valence-electron chi connectivity index (χ0n) is 11.6. The Bertz CT molecular complexity index is 487. The van der Waals surface area contributed by atoms with Gasteiger partial charge >= 0.3 is 0 Å². The lowest BCUT2D eigenvalue weighted by molar-refractivity contribution is -0.130. The molecule has 1 aliphatic rings. The average Bonchev–Trinajstić information content (AvgIpc) is 2.90. The highest BCUT2D eigenvalue weighted by Gasteiger charge is 2.39. The van der Waals surface area contributed by atoms with Crippen molar-refractivity contribution in [2.45, 2.75) is 32.7 Å². The Kier molecular flexibility index (Phi) is 5.16. The van der Waals surface area contributed by atoms with Crippen molar-refractivity contribution in [2.24, 2.45) is 5.41 Å². The molecule has 0 aliphatic carbocycles. The predicted octanol–water partition coefficient (Wildman–Crippen LogP) is 2.98. The molecule has 1 aliphatic heterocycles. The summed E-state index contributed by atoms with van der Waals surface area (Å²) >= 11 is 3.32. The Morgan fingerprint density at radius 3 is 3.00 bits per heavy atom. The minimum atomic E-state index is -0.322. The summed E-state index contributed by atoms with van der Waals surface area (Å²) in [6.45, 7) is 3.91. The van der Waals surface area contributed by atoms with E-state index in [0.29, 0.717) is 12.1 Å². The number of benzene rings is 1. The normalized spacial score (nSPS) is 21.9. The van der Waals surface area contributed by atoms with Crippen molar-refractivity contribution in [3.8, 4) is 0 Å². The van der Waals surface area contributed by atoms with E-state index in [0.717, 1.165) is 30.3 Å². The molecule has 1 aromatic carbocycles. The van der Waals surface area contributed by atoms with Crippen molar-refractivity contribution in [3.63, 3.8) is 0 Å². The fourth-order valence-electron chi connectivity index (χ4n) is 2.78. The fraction of sp³-hybridized carbons (Fsp3) is 0.533. The van der Waals surface area contributed by atoms with Gasteiger partial charge in [0, 0.05) is 23.1 Å². The molecule has 2 N–H and O–H groups in total. The largest absolute Gasteiger partial charge is 0.351 e. The first-order chi connectivity index (χ1) is 9.57. The van der Waals surface area contributed by atoms with E-state index in [4.69, 9.17) is 0 Å². The quantitative estimate of drug-likeness (QED) is 0.863. The van der Waals surface area contributed by atoms with Crippen LogP contribution in [0.1, 0.15) is 31.7 Å². The topological polar surface area (TPSA) is 41.1 Å². The molecule has 1 unspecified atom stereocenters. The van der Waals surface area contributed by atoms with Crippen molar-refractivity contribution >= 4 is 21.8 Å². The lowest BCUT2D eigenvalue weighted by Gasteiger charge is -2.26. The van der Waals surface area contributed by atoms with E-state index in [9.17, 15) is 9.18 Å². The molecule has 2 rings (SSSR count). The summed E-state index contributed by atoms with van der Waals surface area (Å²) in [5.74, 6) is -0.258. The minimum Gasteiger partial charge on any atom is -0.351 e. The molecular formula is C15H20BrFN2O. The first-order valence-corrected chi connectivity index (χ1v) is 7.80. The van der Waals surface area contributed by atoms with Gasteiger partial charge in [-0.1, -0.05) is 29.3 Å². The Labute approximate surface area is 127 Å². The van der Waals surface area contributed by atoms with Gasteiger partial charge in [-0.3, -0.25) is 4.79 Å². The SMILES string of the molecule is CCCC1(C(=O)NCc2cc(Br)ccc2F)CCNC1. The number of nitrogens with one attached hydrogen (secondary N) is 2. The third-order valence-electron chi connectivity index (χ3n) is 3.90. The third kappa shape index (κ3) is 3.38. The van der Waals surface area contributed by atoms with Crippen molar-refractivity contribution in [1.29, 1.82) is 0 Å². The van der Waals surface area contributed by atoms with E-state index >= 15 is 0 Å². The predicted molar refractivity (Wildman–Crippen MR) is 80.8 cm³/mol. The van der Waals surface area contributed by atoms with E-state index in [1.165, 1.54) is 6.07 Å². The molecule has 0 aromatic heterocycles. The van der Waals surface area contributed by atoms with Crippen LogP contribution in [0.25, 0.3) is 0 Å². The van der Waals surface area contributed by atoms with Crippen LogP contribution in [0.15, 0.2) is 22.7 Å². The molecule has 0 spiro atoms. The van der Waals surface area contributed by atoms with E-state index in [2.05, 4.69) is 33.5 Å². The van der Waals surface area contributed by atoms with E-state index in [-0.39, 0.29) is 23.7 Å². The number of hydrogen-bond donors (Lipinski definition) is 2. The van der Waals surface area contributed by atoms with Gasteiger partial charge in [-0.05, 0) is 37.6 Å². The maximum atomic E-state index is 13.7. The molecule has 1 aromatic rings. The Hall–Kier alpha value is -0.940. The standard InChI is InChI=1S/C15H20BrFN2O/c1-2-5-15(6-7-18-10-15)14(20)19-9-11-8-12(16)3-4-13(11)17/h3-4,8,18H,2,5-7,9-10H2,1H3,(H,19,20). The van der Waals surface area contributed by atoms with Crippen molar-refractivity contribution in [3.05, 3.63) is 34.1 Å². The number of carbonyl (C=O) groups is 1. The summed E-state index contributed by atoms with van der Waals surface area (Å²) in [6, 6.07) is 4.76. The maximum Gasteiger partial charge on any atom is 0.227 e. The van der Waals surface area contributed by atoms with Gasteiger partial charge in [0.25, 0.3) is 0 Å². The molecule has 0 saturated carbocycles. The molecule has 1 heterocycles. The molecule has 3 nitrogen and oxygen atoms in total. The summed E-state index contributed by atoms with van der Waals surface area (Å²) < 4.78 is 14.5. The molecule has 20 heavy (non-hydrogen) atoms. The summed E-state index contributed by atoms with van der Waals surface area (Å²) in [5.41, 5.74) is 0.183.